The normalized spacial score (nSPS) is 10.7. The lowest BCUT2D eigenvalue weighted by atomic mass is 10.0. The molecule has 0 radical (unpaired) electrons. The summed E-state index contributed by atoms with van der Waals surface area (Å²) in [4.78, 5) is 12.3. The Morgan fingerprint density at radius 1 is 0.929 bits per heavy atom. The fourth-order valence-electron chi connectivity index (χ4n) is 2.75. The highest BCUT2D eigenvalue weighted by molar-refractivity contribution is 5.93. The number of hydrogen-bond donors (Lipinski definition) is 1. The average Bonchev–Trinajstić information content (AvgIpc) is 2.69. The van der Waals surface area contributed by atoms with E-state index in [0.29, 0.717) is 16.8 Å². The third-order valence-corrected chi connectivity index (χ3v) is 4.09. The van der Waals surface area contributed by atoms with E-state index in [-0.39, 0.29) is 29.6 Å². The number of halogens is 2. The second-order valence-electron chi connectivity index (χ2n) is 6.08. The Balaban J connectivity index is 2.04. The van der Waals surface area contributed by atoms with E-state index < -0.39 is 12.1 Å². The van der Waals surface area contributed by atoms with Crippen LogP contribution in [0.15, 0.2) is 66.7 Å². The zero-order valence-corrected chi connectivity index (χ0v) is 15.2. The molecule has 0 spiro atoms. The summed E-state index contributed by atoms with van der Waals surface area (Å²) in [5.41, 5.74) is 7.64. The molecule has 0 aliphatic heterocycles. The quantitative estimate of drug-likeness (QED) is 0.486. The first kappa shape index (κ1) is 19.4. The number of ether oxygens (including phenoxy) is 2. The van der Waals surface area contributed by atoms with Crippen LogP contribution in [0.3, 0.4) is 0 Å². The average molecular weight is 383 g/mol. The summed E-state index contributed by atoms with van der Waals surface area (Å²) in [6.45, 7) is 1.90. The van der Waals surface area contributed by atoms with E-state index in [1.807, 2.05) is 0 Å². The van der Waals surface area contributed by atoms with Crippen LogP contribution in [-0.2, 0) is 4.74 Å². The molecule has 6 heteroatoms. The van der Waals surface area contributed by atoms with Crippen molar-refractivity contribution in [2.75, 3.05) is 12.3 Å². The summed E-state index contributed by atoms with van der Waals surface area (Å²) < 4.78 is 37.9. The third-order valence-electron chi connectivity index (χ3n) is 4.09. The Labute approximate surface area is 161 Å². The Morgan fingerprint density at radius 3 is 1.96 bits per heavy atom. The van der Waals surface area contributed by atoms with Crippen molar-refractivity contribution >= 4 is 11.7 Å². The summed E-state index contributed by atoms with van der Waals surface area (Å²) >= 11 is 0. The van der Waals surface area contributed by atoms with Crippen molar-refractivity contribution in [1.29, 1.82) is 0 Å². The Bertz CT molecular complexity index is 911. The molecule has 3 aromatic carbocycles. The number of nitrogens with two attached hydrogens (primary N) is 1. The molecule has 0 unspecified atom stereocenters. The van der Waals surface area contributed by atoms with E-state index in [9.17, 15) is 13.6 Å². The number of hydrogen-bond acceptors (Lipinski definition) is 4. The molecule has 3 rings (SSSR count). The molecule has 28 heavy (non-hydrogen) atoms. The van der Waals surface area contributed by atoms with Crippen molar-refractivity contribution in [3.05, 3.63) is 95.1 Å². The molecule has 0 heterocycles. The van der Waals surface area contributed by atoms with E-state index in [2.05, 4.69) is 0 Å². The van der Waals surface area contributed by atoms with Crippen LogP contribution in [0.1, 0.15) is 34.5 Å². The standard InChI is InChI=1S/C22H19F2NO3/c1-2-27-22(26)19-13-18(25)11-12-20(19)28-21(14-3-7-16(23)8-4-14)15-5-9-17(24)10-6-15/h3-13,21H,2,25H2,1H3. The summed E-state index contributed by atoms with van der Waals surface area (Å²) in [5, 5.41) is 0. The van der Waals surface area contributed by atoms with Gasteiger partial charge in [0.15, 0.2) is 0 Å². The molecular formula is C22H19F2NO3. The number of nitrogen functional groups attached to an aromatic ring is 1. The predicted molar refractivity (Wildman–Crippen MR) is 102 cm³/mol. The number of carbonyl (C=O) groups excluding carboxylic acids is 1. The van der Waals surface area contributed by atoms with Crippen LogP contribution in [0.5, 0.6) is 5.75 Å². The molecular weight excluding hydrogens is 364 g/mol. The number of carbonyl (C=O) groups is 1. The van der Waals surface area contributed by atoms with Gasteiger partial charge in [-0.1, -0.05) is 24.3 Å². The van der Waals surface area contributed by atoms with Gasteiger partial charge in [0.25, 0.3) is 0 Å². The number of anilines is 1. The first-order valence-corrected chi connectivity index (χ1v) is 8.72. The monoisotopic (exact) mass is 383 g/mol. The van der Waals surface area contributed by atoms with Gasteiger partial charge in [0.1, 0.15) is 29.1 Å². The van der Waals surface area contributed by atoms with Gasteiger partial charge in [-0.3, -0.25) is 0 Å². The fourth-order valence-corrected chi connectivity index (χ4v) is 2.75. The lowest BCUT2D eigenvalue weighted by molar-refractivity contribution is 0.0520. The molecule has 0 saturated heterocycles. The maximum atomic E-state index is 13.4. The van der Waals surface area contributed by atoms with Crippen molar-refractivity contribution in [2.24, 2.45) is 0 Å². The van der Waals surface area contributed by atoms with Gasteiger partial charge in [0, 0.05) is 5.69 Å². The summed E-state index contributed by atoms with van der Waals surface area (Å²) in [7, 11) is 0. The molecule has 3 aromatic rings. The fraction of sp³-hybridized carbons (Fsp3) is 0.136. The molecule has 2 N–H and O–H groups in total. The van der Waals surface area contributed by atoms with Crippen LogP contribution in [0.4, 0.5) is 14.5 Å². The first-order valence-electron chi connectivity index (χ1n) is 8.72. The van der Waals surface area contributed by atoms with E-state index in [1.54, 1.807) is 43.3 Å². The van der Waals surface area contributed by atoms with Gasteiger partial charge in [-0.05, 0) is 60.5 Å². The third kappa shape index (κ3) is 4.46. The molecule has 0 aromatic heterocycles. The minimum atomic E-state index is -0.696. The highest BCUT2D eigenvalue weighted by Crippen LogP contribution is 2.32. The molecule has 0 amide bonds. The van der Waals surface area contributed by atoms with Crippen LogP contribution < -0.4 is 10.5 Å². The highest BCUT2D eigenvalue weighted by atomic mass is 19.1. The van der Waals surface area contributed by atoms with E-state index in [1.165, 1.54) is 30.3 Å². The Hall–Kier alpha value is -3.41. The van der Waals surface area contributed by atoms with Crippen LogP contribution in [0, 0.1) is 11.6 Å². The largest absolute Gasteiger partial charge is 0.480 e. The van der Waals surface area contributed by atoms with Crippen molar-refractivity contribution in [3.8, 4) is 5.75 Å². The van der Waals surface area contributed by atoms with Crippen LogP contribution >= 0.6 is 0 Å². The molecule has 0 aliphatic rings. The minimum absolute atomic E-state index is 0.177. The Kier molecular flexibility index (Phi) is 5.89. The zero-order valence-electron chi connectivity index (χ0n) is 15.2. The van der Waals surface area contributed by atoms with Crippen LogP contribution in [0.2, 0.25) is 0 Å². The predicted octanol–water partition coefficient (Wildman–Crippen LogP) is 4.89. The van der Waals surface area contributed by atoms with Gasteiger partial charge in [-0.15, -0.1) is 0 Å². The second kappa shape index (κ2) is 8.52. The van der Waals surface area contributed by atoms with E-state index >= 15 is 0 Å². The van der Waals surface area contributed by atoms with Crippen molar-refractivity contribution in [2.45, 2.75) is 13.0 Å². The van der Waals surface area contributed by atoms with Gasteiger partial charge in [0.2, 0.25) is 0 Å². The first-order chi connectivity index (χ1) is 13.5. The molecule has 4 nitrogen and oxygen atoms in total. The molecule has 0 atom stereocenters. The molecule has 144 valence electrons. The number of esters is 1. The topological polar surface area (TPSA) is 61.5 Å². The van der Waals surface area contributed by atoms with Gasteiger partial charge < -0.3 is 15.2 Å². The molecule has 0 bridgehead atoms. The smallest absolute Gasteiger partial charge is 0.341 e. The second-order valence-corrected chi connectivity index (χ2v) is 6.08. The highest BCUT2D eigenvalue weighted by Gasteiger charge is 2.21. The maximum Gasteiger partial charge on any atom is 0.341 e. The Morgan fingerprint density at radius 2 is 1.46 bits per heavy atom. The van der Waals surface area contributed by atoms with Crippen molar-refractivity contribution in [3.63, 3.8) is 0 Å². The zero-order chi connectivity index (χ0) is 20.1. The van der Waals surface area contributed by atoms with Crippen molar-refractivity contribution in [1.82, 2.24) is 0 Å². The van der Waals surface area contributed by atoms with Gasteiger partial charge in [-0.25, -0.2) is 13.6 Å². The number of rotatable bonds is 6. The summed E-state index contributed by atoms with van der Waals surface area (Å²) in [6, 6.07) is 16.2. The van der Waals surface area contributed by atoms with E-state index in [0.717, 1.165) is 0 Å². The lowest BCUT2D eigenvalue weighted by Gasteiger charge is -2.22. The molecule has 0 aliphatic carbocycles. The minimum Gasteiger partial charge on any atom is -0.480 e. The van der Waals surface area contributed by atoms with E-state index in [4.69, 9.17) is 15.2 Å². The number of benzene rings is 3. The van der Waals surface area contributed by atoms with Gasteiger partial charge in [0.05, 0.1) is 6.61 Å². The van der Waals surface area contributed by atoms with Crippen LogP contribution in [0.25, 0.3) is 0 Å². The summed E-state index contributed by atoms with van der Waals surface area (Å²) in [6.07, 6.45) is -0.696. The van der Waals surface area contributed by atoms with Gasteiger partial charge >= 0.3 is 5.97 Å². The lowest BCUT2D eigenvalue weighted by Crippen LogP contribution is -2.14. The molecule has 0 fully saturated rings. The van der Waals surface area contributed by atoms with Gasteiger partial charge in [-0.2, -0.15) is 0 Å². The molecule has 0 saturated carbocycles. The van der Waals surface area contributed by atoms with Crippen molar-refractivity contribution < 1.29 is 23.0 Å². The summed E-state index contributed by atoms with van der Waals surface area (Å²) in [5.74, 6) is -1.09. The SMILES string of the molecule is CCOC(=O)c1cc(N)ccc1OC(c1ccc(F)cc1)c1ccc(F)cc1. The maximum absolute atomic E-state index is 13.4. The van der Waals surface area contributed by atoms with Crippen LogP contribution in [-0.4, -0.2) is 12.6 Å².